The summed E-state index contributed by atoms with van der Waals surface area (Å²) in [5.74, 6) is -1.25. The number of carbonyl (C=O) groups is 2. The van der Waals surface area contributed by atoms with E-state index in [2.05, 4.69) is 15.3 Å². The molecule has 0 aliphatic heterocycles. The minimum Gasteiger partial charge on any atom is -0.480 e. The second-order valence-electron chi connectivity index (χ2n) is 2.93. The molecule has 1 aromatic rings. The number of thioether (sulfide) groups is 1. The number of carboxylic acids is 1. The standard InChI is InChI=1S/C9H11N3O3S/c1-6(13)12-7(8(14)15)5-16-9-10-3-2-4-11-9/h2-4,7H,5H2,1H3,(H,12,13)(H,14,15). The summed E-state index contributed by atoms with van der Waals surface area (Å²) in [5, 5.41) is 11.7. The van der Waals surface area contributed by atoms with Crippen LogP contribution in [0.2, 0.25) is 0 Å². The second kappa shape index (κ2) is 6.06. The van der Waals surface area contributed by atoms with Gasteiger partial charge < -0.3 is 10.4 Å². The summed E-state index contributed by atoms with van der Waals surface area (Å²) >= 11 is 1.18. The smallest absolute Gasteiger partial charge is 0.327 e. The van der Waals surface area contributed by atoms with Crippen LogP contribution in [0.25, 0.3) is 0 Å². The third-order valence-electron chi connectivity index (χ3n) is 1.60. The Morgan fingerprint density at radius 3 is 2.62 bits per heavy atom. The fraction of sp³-hybridized carbons (Fsp3) is 0.333. The van der Waals surface area contributed by atoms with Crippen LogP contribution in [0.1, 0.15) is 6.92 Å². The number of amides is 1. The lowest BCUT2D eigenvalue weighted by molar-refractivity contribution is -0.140. The Bertz CT molecular complexity index is 372. The maximum atomic E-state index is 10.8. The topological polar surface area (TPSA) is 92.2 Å². The predicted molar refractivity (Wildman–Crippen MR) is 58.0 cm³/mol. The van der Waals surface area contributed by atoms with Crippen molar-refractivity contribution in [3.05, 3.63) is 18.5 Å². The van der Waals surface area contributed by atoms with Crippen molar-refractivity contribution in [2.24, 2.45) is 0 Å². The number of nitrogens with zero attached hydrogens (tertiary/aromatic N) is 2. The third-order valence-corrected chi connectivity index (χ3v) is 2.57. The van der Waals surface area contributed by atoms with Gasteiger partial charge >= 0.3 is 5.97 Å². The highest BCUT2D eigenvalue weighted by Gasteiger charge is 2.18. The van der Waals surface area contributed by atoms with Crippen LogP contribution < -0.4 is 5.32 Å². The first-order chi connectivity index (χ1) is 7.59. The first kappa shape index (κ1) is 12.4. The van der Waals surface area contributed by atoms with Gasteiger partial charge in [0.25, 0.3) is 0 Å². The number of hydrogen-bond donors (Lipinski definition) is 2. The van der Waals surface area contributed by atoms with Crippen molar-refractivity contribution in [1.29, 1.82) is 0 Å². The summed E-state index contributed by atoms with van der Waals surface area (Å²) < 4.78 is 0. The van der Waals surface area contributed by atoms with Gasteiger partial charge in [-0.1, -0.05) is 11.8 Å². The molecule has 0 spiro atoms. The molecule has 0 fully saturated rings. The maximum absolute atomic E-state index is 10.8. The lowest BCUT2D eigenvalue weighted by atomic mass is 10.3. The lowest BCUT2D eigenvalue weighted by Crippen LogP contribution is -2.41. The molecule has 2 N–H and O–H groups in total. The number of aromatic nitrogens is 2. The predicted octanol–water partition coefficient (Wildman–Crippen LogP) is 0.158. The van der Waals surface area contributed by atoms with Gasteiger partial charge in [-0.15, -0.1) is 0 Å². The van der Waals surface area contributed by atoms with Gasteiger partial charge in [0.15, 0.2) is 5.16 Å². The first-order valence-corrected chi connectivity index (χ1v) is 5.48. The Hall–Kier alpha value is -1.63. The quantitative estimate of drug-likeness (QED) is 0.563. The van der Waals surface area contributed by atoms with Crippen LogP contribution in [0.4, 0.5) is 0 Å². The van der Waals surface area contributed by atoms with Gasteiger partial charge in [-0.05, 0) is 6.07 Å². The largest absolute Gasteiger partial charge is 0.480 e. The van der Waals surface area contributed by atoms with Crippen molar-refractivity contribution in [3.63, 3.8) is 0 Å². The van der Waals surface area contributed by atoms with Crippen molar-refractivity contribution >= 4 is 23.6 Å². The van der Waals surface area contributed by atoms with Crippen LogP contribution in [-0.4, -0.2) is 38.7 Å². The number of hydrogen-bond acceptors (Lipinski definition) is 5. The Morgan fingerprint density at radius 2 is 2.12 bits per heavy atom. The van der Waals surface area contributed by atoms with Crippen molar-refractivity contribution in [2.75, 3.05) is 5.75 Å². The SMILES string of the molecule is CC(=O)NC(CSc1ncccn1)C(=O)O. The Kier molecular flexibility index (Phi) is 4.71. The minimum absolute atomic E-state index is 0.193. The van der Waals surface area contributed by atoms with E-state index in [1.54, 1.807) is 18.5 Å². The van der Waals surface area contributed by atoms with E-state index < -0.39 is 12.0 Å². The van der Waals surface area contributed by atoms with Crippen LogP contribution in [0.3, 0.4) is 0 Å². The zero-order chi connectivity index (χ0) is 12.0. The molecule has 1 rings (SSSR count). The van der Waals surface area contributed by atoms with E-state index in [1.165, 1.54) is 18.7 Å². The van der Waals surface area contributed by atoms with Gasteiger partial charge in [-0.2, -0.15) is 0 Å². The molecule has 16 heavy (non-hydrogen) atoms. The van der Waals surface area contributed by atoms with Crippen molar-refractivity contribution in [2.45, 2.75) is 18.1 Å². The summed E-state index contributed by atoms with van der Waals surface area (Å²) in [5.41, 5.74) is 0. The number of rotatable bonds is 5. The highest BCUT2D eigenvalue weighted by molar-refractivity contribution is 7.99. The highest BCUT2D eigenvalue weighted by Crippen LogP contribution is 2.12. The van der Waals surface area contributed by atoms with E-state index in [0.29, 0.717) is 5.16 Å². The van der Waals surface area contributed by atoms with Crippen molar-refractivity contribution in [3.8, 4) is 0 Å². The fourth-order valence-corrected chi connectivity index (χ4v) is 1.75. The Balaban J connectivity index is 2.50. The summed E-state index contributed by atoms with van der Waals surface area (Å²) in [6.45, 7) is 1.28. The Morgan fingerprint density at radius 1 is 1.50 bits per heavy atom. The van der Waals surface area contributed by atoms with Gasteiger partial charge in [-0.25, -0.2) is 14.8 Å². The number of nitrogens with one attached hydrogen (secondary N) is 1. The number of aliphatic carboxylic acids is 1. The maximum Gasteiger partial charge on any atom is 0.327 e. The molecule has 0 saturated heterocycles. The molecule has 0 radical (unpaired) electrons. The lowest BCUT2D eigenvalue weighted by Gasteiger charge is -2.11. The summed E-state index contributed by atoms with van der Waals surface area (Å²) in [7, 11) is 0. The van der Waals surface area contributed by atoms with Crippen LogP contribution in [0.15, 0.2) is 23.6 Å². The molecule has 1 atom stereocenters. The molecular formula is C9H11N3O3S. The molecule has 1 unspecified atom stereocenters. The highest BCUT2D eigenvalue weighted by atomic mass is 32.2. The number of carboxylic acid groups (broad SMARTS) is 1. The average Bonchev–Trinajstić information content (AvgIpc) is 2.25. The normalized spacial score (nSPS) is 11.8. The third kappa shape index (κ3) is 4.26. The van der Waals surface area contributed by atoms with E-state index in [4.69, 9.17) is 5.11 Å². The fourth-order valence-electron chi connectivity index (χ4n) is 0.938. The summed E-state index contributed by atoms with van der Waals surface area (Å²) in [6.07, 6.45) is 3.15. The summed E-state index contributed by atoms with van der Waals surface area (Å²) in [4.78, 5) is 29.4. The van der Waals surface area contributed by atoms with Gasteiger partial charge in [0.2, 0.25) is 5.91 Å². The molecule has 7 heteroatoms. The van der Waals surface area contributed by atoms with E-state index in [9.17, 15) is 9.59 Å². The van der Waals surface area contributed by atoms with Gasteiger partial charge in [0, 0.05) is 25.1 Å². The molecule has 0 aromatic carbocycles. The molecule has 0 aliphatic rings. The first-order valence-electron chi connectivity index (χ1n) is 4.49. The molecule has 1 heterocycles. The Labute approximate surface area is 96.5 Å². The van der Waals surface area contributed by atoms with Crippen molar-refractivity contribution < 1.29 is 14.7 Å². The van der Waals surface area contributed by atoms with Gasteiger partial charge in [0.1, 0.15) is 6.04 Å². The molecule has 6 nitrogen and oxygen atoms in total. The van der Waals surface area contributed by atoms with Crippen LogP contribution >= 0.6 is 11.8 Å². The van der Waals surface area contributed by atoms with Gasteiger partial charge in [-0.3, -0.25) is 4.79 Å². The van der Waals surface area contributed by atoms with E-state index in [-0.39, 0.29) is 11.7 Å². The van der Waals surface area contributed by atoms with Crippen LogP contribution in [0.5, 0.6) is 0 Å². The molecule has 1 aromatic heterocycles. The zero-order valence-corrected chi connectivity index (χ0v) is 9.40. The van der Waals surface area contributed by atoms with E-state index in [0.717, 1.165) is 0 Å². The zero-order valence-electron chi connectivity index (χ0n) is 8.58. The van der Waals surface area contributed by atoms with Crippen LogP contribution in [-0.2, 0) is 9.59 Å². The van der Waals surface area contributed by atoms with Crippen molar-refractivity contribution in [1.82, 2.24) is 15.3 Å². The van der Waals surface area contributed by atoms with E-state index >= 15 is 0 Å². The molecule has 1 amide bonds. The summed E-state index contributed by atoms with van der Waals surface area (Å²) in [6, 6.07) is 0.748. The number of carbonyl (C=O) groups excluding carboxylic acids is 1. The monoisotopic (exact) mass is 241 g/mol. The average molecular weight is 241 g/mol. The molecule has 0 saturated carbocycles. The second-order valence-corrected chi connectivity index (χ2v) is 3.92. The molecular weight excluding hydrogens is 230 g/mol. The van der Waals surface area contributed by atoms with Gasteiger partial charge in [0.05, 0.1) is 0 Å². The van der Waals surface area contributed by atoms with Crippen LogP contribution in [0, 0.1) is 0 Å². The molecule has 86 valence electrons. The molecule has 0 bridgehead atoms. The molecule has 0 aliphatic carbocycles. The minimum atomic E-state index is -1.07. The van der Waals surface area contributed by atoms with E-state index in [1.807, 2.05) is 0 Å².